The van der Waals surface area contributed by atoms with Gasteiger partial charge < -0.3 is 24.4 Å². The average Bonchev–Trinajstić information content (AvgIpc) is 3.11. The van der Waals surface area contributed by atoms with E-state index < -0.39 is 5.82 Å². The van der Waals surface area contributed by atoms with Crippen molar-refractivity contribution in [1.29, 1.82) is 0 Å². The SMILES string of the molecule is COc1cc2c(Cc3ccncc3)nnc(N3CCN(CC(=O)Nc4ccc(F)c(Cl)c4)CC3)c2cc1OCCCCN1CCOCC1. The van der Waals surface area contributed by atoms with Crippen LogP contribution in [0.2, 0.25) is 5.02 Å². The molecule has 0 bridgehead atoms. The first-order valence-electron chi connectivity index (χ1n) is 16.4. The Hall–Kier alpha value is -4.10. The highest BCUT2D eigenvalue weighted by molar-refractivity contribution is 6.31. The Morgan fingerprint density at radius 1 is 0.938 bits per heavy atom. The van der Waals surface area contributed by atoms with Gasteiger partial charge in [0.05, 0.1) is 44.2 Å². The van der Waals surface area contributed by atoms with E-state index in [1.807, 2.05) is 24.3 Å². The van der Waals surface area contributed by atoms with Crippen LogP contribution in [0, 0.1) is 5.82 Å². The minimum absolute atomic E-state index is 0.0310. The molecule has 0 aliphatic carbocycles. The van der Waals surface area contributed by atoms with Gasteiger partial charge in [0.2, 0.25) is 5.91 Å². The van der Waals surface area contributed by atoms with E-state index in [2.05, 4.69) is 25.0 Å². The number of amides is 1. The molecule has 2 saturated heterocycles. The fourth-order valence-corrected chi connectivity index (χ4v) is 6.25. The van der Waals surface area contributed by atoms with Crippen molar-refractivity contribution >= 4 is 39.8 Å². The zero-order valence-corrected chi connectivity index (χ0v) is 27.9. The number of methoxy groups -OCH3 is 1. The Balaban J connectivity index is 1.16. The van der Waals surface area contributed by atoms with Crippen LogP contribution in [0.4, 0.5) is 15.9 Å². The molecule has 0 spiro atoms. The van der Waals surface area contributed by atoms with Crippen molar-refractivity contribution in [3.63, 3.8) is 0 Å². The number of morpholine rings is 1. The van der Waals surface area contributed by atoms with E-state index in [1.165, 1.54) is 18.2 Å². The predicted molar refractivity (Wildman–Crippen MR) is 184 cm³/mol. The van der Waals surface area contributed by atoms with Crippen LogP contribution >= 0.6 is 11.6 Å². The van der Waals surface area contributed by atoms with Gasteiger partial charge in [-0.2, -0.15) is 5.10 Å². The molecule has 2 aliphatic heterocycles. The topological polar surface area (TPSA) is 105 Å². The van der Waals surface area contributed by atoms with Crippen LogP contribution in [0.5, 0.6) is 11.5 Å². The normalized spacial score (nSPS) is 15.9. The second kappa shape index (κ2) is 16.3. The summed E-state index contributed by atoms with van der Waals surface area (Å²) in [6.07, 6.45) is 6.12. The summed E-state index contributed by atoms with van der Waals surface area (Å²) in [7, 11) is 1.66. The predicted octanol–water partition coefficient (Wildman–Crippen LogP) is 4.67. The summed E-state index contributed by atoms with van der Waals surface area (Å²) in [6.45, 7) is 8.02. The van der Waals surface area contributed by atoms with Crippen molar-refractivity contribution in [3.05, 3.63) is 77.0 Å². The molecule has 4 aromatic rings. The molecule has 1 amide bonds. The lowest BCUT2D eigenvalue weighted by Crippen LogP contribution is -2.49. The van der Waals surface area contributed by atoms with Gasteiger partial charge in [0.15, 0.2) is 17.3 Å². The zero-order valence-electron chi connectivity index (χ0n) is 27.2. The van der Waals surface area contributed by atoms with Gasteiger partial charge in [-0.25, -0.2) is 4.39 Å². The number of nitrogens with one attached hydrogen (secondary N) is 1. The number of benzene rings is 2. The summed E-state index contributed by atoms with van der Waals surface area (Å²) in [5, 5.41) is 14.1. The van der Waals surface area contributed by atoms with E-state index >= 15 is 0 Å². The lowest BCUT2D eigenvalue weighted by atomic mass is 10.0. The van der Waals surface area contributed by atoms with Crippen LogP contribution in [0.25, 0.3) is 10.8 Å². The van der Waals surface area contributed by atoms with Crippen molar-refractivity contribution in [1.82, 2.24) is 25.0 Å². The maximum absolute atomic E-state index is 13.5. The second-order valence-corrected chi connectivity index (χ2v) is 12.4. The Kier molecular flexibility index (Phi) is 11.5. The number of ether oxygens (including phenoxy) is 3. The third kappa shape index (κ3) is 8.67. The number of hydrogen-bond acceptors (Lipinski definition) is 10. The van der Waals surface area contributed by atoms with Crippen LogP contribution in [0.1, 0.15) is 24.1 Å². The Bertz CT molecular complexity index is 1690. The number of nitrogens with zero attached hydrogens (tertiary/aromatic N) is 6. The van der Waals surface area contributed by atoms with Gasteiger partial charge in [0.1, 0.15) is 5.82 Å². The van der Waals surface area contributed by atoms with Gasteiger partial charge in [-0.3, -0.25) is 19.6 Å². The summed E-state index contributed by atoms with van der Waals surface area (Å²) in [4.78, 5) is 23.6. The molecule has 0 unspecified atom stereocenters. The van der Waals surface area contributed by atoms with Gasteiger partial charge in [0.25, 0.3) is 0 Å². The summed E-state index contributed by atoms with van der Waals surface area (Å²) < 4.78 is 31.1. The molecular formula is C35H41ClFN7O4. The molecule has 2 aliphatic rings. The largest absolute Gasteiger partial charge is 0.493 e. The summed E-state index contributed by atoms with van der Waals surface area (Å²) in [5.41, 5.74) is 2.39. The van der Waals surface area contributed by atoms with Crippen molar-refractivity contribution in [3.8, 4) is 11.5 Å². The molecule has 2 aromatic carbocycles. The monoisotopic (exact) mass is 677 g/mol. The summed E-state index contributed by atoms with van der Waals surface area (Å²) in [5.74, 6) is 1.40. The number of pyridine rings is 1. The molecule has 13 heteroatoms. The van der Waals surface area contributed by atoms with Crippen LogP contribution in [0.3, 0.4) is 0 Å². The molecule has 2 aromatic heterocycles. The lowest BCUT2D eigenvalue weighted by Gasteiger charge is -2.35. The van der Waals surface area contributed by atoms with Crippen molar-refractivity contribution in [2.24, 2.45) is 0 Å². The first-order valence-corrected chi connectivity index (χ1v) is 16.8. The molecule has 0 radical (unpaired) electrons. The Morgan fingerprint density at radius 2 is 1.71 bits per heavy atom. The van der Waals surface area contributed by atoms with E-state index in [4.69, 9.17) is 36.0 Å². The first-order chi connectivity index (χ1) is 23.5. The highest BCUT2D eigenvalue weighted by Gasteiger charge is 2.24. The van der Waals surface area contributed by atoms with E-state index in [0.717, 1.165) is 73.5 Å². The number of fused-ring (bicyclic) bond motifs is 1. The molecule has 1 N–H and O–H groups in total. The van der Waals surface area contributed by atoms with Crippen molar-refractivity contribution in [2.75, 3.05) is 89.5 Å². The molecule has 11 nitrogen and oxygen atoms in total. The van der Waals surface area contributed by atoms with E-state index in [9.17, 15) is 9.18 Å². The summed E-state index contributed by atoms with van der Waals surface area (Å²) in [6, 6.07) is 12.1. The number of carbonyl (C=O) groups excluding carboxylic acids is 1. The third-order valence-corrected chi connectivity index (χ3v) is 9.00. The fourth-order valence-electron chi connectivity index (χ4n) is 6.07. The smallest absolute Gasteiger partial charge is 0.238 e. The summed E-state index contributed by atoms with van der Waals surface area (Å²) >= 11 is 5.87. The fraction of sp³-hybridized carbons (Fsp3) is 0.429. The standard InChI is InChI=1S/C35H41ClFN7O4/c1-46-32-22-27-28(23-33(32)48-17-3-2-10-42-15-18-47-19-16-42)35(41-40-31(27)20-25-6-8-38-9-7-25)44-13-11-43(12-14-44)24-34(45)39-26-4-5-30(37)29(36)21-26/h4-9,21-23H,2-3,10-20,24H2,1H3,(H,39,45). The second-order valence-electron chi connectivity index (χ2n) is 12.0. The maximum atomic E-state index is 13.5. The number of carbonyl (C=O) groups is 1. The molecule has 2 fully saturated rings. The number of rotatable bonds is 13. The van der Waals surface area contributed by atoms with Crippen LogP contribution in [-0.2, 0) is 16.0 Å². The number of hydrogen-bond donors (Lipinski definition) is 1. The minimum atomic E-state index is -0.525. The van der Waals surface area contributed by atoms with Crippen LogP contribution in [0.15, 0.2) is 54.9 Å². The number of piperazine rings is 1. The highest BCUT2D eigenvalue weighted by atomic mass is 35.5. The minimum Gasteiger partial charge on any atom is -0.493 e. The molecule has 0 saturated carbocycles. The van der Waals surface area contributed by atoms with Gasteiger partial charge in [-0.1, -0.05) is 11.6 Å². The highest BCUT2D eigenvalue weighted by Crippen LogP contribution is 2.38. The number of unbranched alkanes of at least 4 members (excludes halogenated alkanes) is 1. The van der Waals surface area contributed by atoms with Crippen LogP contribution in [-0.4, -0.2) is 110 Å². The van der Waals surface area contributed by atoms with E-state index in [1.54, 1.807) is 19.5 Å². The van der Waals surface area contributed by atoms with Crippen LogP contribution < -0.4 is 19.7 Å². The molecule has 48 heavy (non-hydrogen) atoms. The number of anilines is 2. The maximum Gasteiger partial charge on any atom is 0.238 e. The molecule has 4 heterocycles. The van der Waals surface area contributed by atoms with Gasteiger partial charge in [-0.15, -0.1) is 5.10 Å². The lowest BCUT2D eigenvalue weighted by molar-refractivity contribution is -0.117. The molecule has 0 atom stereocenters. The van der Waals surface area contributed by atoms with E-state index in [-0.39, 0.29) is 17.5 Å². The van der Waals surface area contributed by atoms with Gasteiger partial charge >= 0.3 is 0 Å². The Morgan fingerprint density at radius 3 is 2.46 bits per heavy atom. The quantitative estimate of drug-likeness (QED) is 0.201. The molecule has 6 rings (SSSR count). The third-order valence-electron chi connectivity index (χ3n) is 8.71. The molecule has 254 valence electrons. The average molecular weight is 678 g/mol. The van der Waals surface area contributed by atoms with Gasteiger partial charge in [0, 0.05) is 74.5 Å². The first kappa shape index (κ1) is 33.8. The Labute approximate surface area is 284 Å². The molecular weight excluding hydrogens is 637 g/mol. The van der Waals surface area contributed by atoms with Gasteiger partial charge in [-0.05, 0) is 67.4 Å². The number of aromatic nitrogens is 3. The number of halogens is 2. The van der Waals surface area contributed by atoms with E-state index in [0.29, 0.717) is 56.4 Å². The van der Waals surface area contributed by atoms with Crippen molar-refractivity contribution < 1.29 is 23.4 Å². The van der Waals surface area contributed by atoms with Crippen molar-refractivity contribution in [2.45, 2.75) is 19.3 Å². The zero-order chi connectivity index (χ0) is 33.3.